The van der Waals surface area contributed by atoms with Crippen LogP contribution in [0.2, 0.25) is 5.02 Å². The highest BCUT2D eigenvalue weighted by Crippen LogP contribution is 2.26. The average molecular weight is 308 g/mol. The Kier molecular flexibility index (Phi) is 5.24. The second kappa shape index (κ2) is 6.29. The summed E-state index contributed by atoms with van der Waals surface area (Å²) >= 11 is 5.61. The van der Waals surface area contributed by atoms with Gasteiger partial charge in [-0.3, -0.25) is 10.1 Å². The van der Waals surface area contributed by atoms with Crippen LogP contribution in [0.1, 0.15) is 13.3 Å². The number of nitrogens with two attached hydrogens (primary N) is 1. The summed E-state index contributed by atoms with van der Waals surface area (Å²) in [5.74, 6) is 0. The fourth-order valence-corrected chi connectivity index (χ4v) is 2.56. The number of hydrogen-bond donors (Lipinski definition) is 2. The molecule has 0 amide bonds. The van der Waals surface area contributed by atoms with Gasteiger partial charge in [0, 0.05) is 18.7 Å². The van der Waals surface area contributed by atoms with Crippen molar-refractivity contribution < 1.29 is 13.3 Å². The first kappa shape index (κ1) is 15.8. The summed E-state index contributed by atoms with van der Waals surface area (Å²) in [5, 5.41) is 10.6. The molecule has 0 radical (unpaired) electrons. The van der Waals surface area contributed by atoms with Crippen molar-refractivity contribution >= 4 is 27.3 Å². The molecule has 0 bridgehead atoms. The molecule has 0 fully saturated rings. The second-order valence-corrected chi connectivity index (χ2v) is 6.21. The van der Waals surface area contributed by atoms with Crippen molar-refractivity contribution in [1.29, 1.82) is 0 Å². The first-order chi connectivity index (χ1) is 8.74. The number of nitro benzene ring substituents is 1. The van der Waals surface area contributed by atoms with E-state index in [1.54, 1.807) is 6.92 Å². The highest BCUT2D eigenvalue weighted by atomic mass is 35.5. The molecule has 0 spiro atoms. The summed E-state index contributed by atoms with van der Waals surface area (Å²) in [7, 11) is -3.80. The Labute approximate surface area is 115 Å². The smallest absolute Gasteiger partial charge is 0.289 e. The van der Waals surface area contributed by atoms with Crippen LogP contribution in [0, 0.1) is 10.1 Å². The summed E-state index contributed by atoms with van der Waals surface area (Å²) in [6, 6.07) is 3.18. The maximum Gasteiger partial charge on any atom is 0.289 e. The molecule has 0 aliphatic rings. The molecule has 1 unspecified atom stereocenters. The molecule has 1 atom stereocenters. The monoisotopic (exact) mass is 307 g/mol. The molecule has 1 aromatic carbocycles. The van der Waals surface area contributed by atoms with E-state index in [9.17, 15) is 18.5 Å². The van der Waals surface area contributed by atoms with Crippen LogP contribution in [-0.2, 0) is 10.0 Å². The first-order valence-electron chi connectivity index (χ1n) is 5.43. The zero-order valence-electron chi connectivity index (χ0n) is 10.2. The summed E-state index contributed by atoms with van der Waals surface area (Å²) in [5.41, 5.74) is 5.06. The molecule has 0 saturated carbocycles. The Bertz CT molecular complexity index is 574. The van der Waals surface area contributed by atoms with Crippen molar-refractivity contribution in [3.8, 4) is 0 Å². The van der Waals surface area contributed by atoms with Gasteiger partial charge in [-0.2, -0.15) is 0 Å². The van der Waals surface area contributed by atoms with Crippen molar-refractivity contribution in [3.05, 3.63) is 33.3 Å². The highest BCUT2D eigenvalue weighted by Gasteiger charge is 2.20. The molecule has 0 aliphatic heterocycles. The molecule has 0 saturated heterocycles. The summed E-state index contributed by atoms with van der Waals surface area (Å²) < 4.78 is 26.1. The van der Waals surface area contributed by atoms with Gasteiger partial charge in [-0.15, -0.1) is 0 Å². The average Bonchev–Trinajstić information content (AvgIpc) is 2.27. The number of nitrogens with one attached hydrogen (secondary N) is 1. The summed E-state index contributed by atoms with van der Waals surface area (Å²) in [6.45, 7) is 1.91. The Morgan fingerprint density at radius 3 is 2.68 bits per heavy atom. The number of halogens is 1. The van der Waals surface area contributed by atoms with E-state index in [4.69, 9.17) is 17.3 Å². The van der Waals surface area contributed by atoms with Gasteiger partial charge in [-0.1, -0.05) is 11.6 Å². The van der Waals surface area contributed by atoms with E-state index in [0.717, 1.165) is 6.07 Å². The van der Waals surface area contributed by atoms with Crippen molar-refractivity contribution in [2.24, 2.45) is 5.73 Å². The lowest BCUT2D eigenvalue weighted by Gasteiger charge is -2.08. The maximum absolute atomic E-state index is 11.9. The molecule has 3 N–H and O–H groups in total. The SMILES string of the molecule is CC(N)CCNS(=O)(=O)c1ccc(Cl)c([N+](=O)[O-])c1. The van der Waals surface area contributed by atoms with Crippen LogP contribution < -0.4 is 10.5 Å². The predicted molar refractivity (Wildman–Crippen MR) is 71.6 cm³/mol. The van der Waals surface area contributed by atoms with Gasteiger partial charge in [0.2, 0.25) is 10.0 Å². The van der Waals surface area contributed by atoms with Gasteiger partial charge < -0.3 is 5.73 Å². The van der Waals surface area contributed by atoms with E-state index < -0.39 is 20.6 Å². The van der Waals surface area contributed by atoms with Gasteiger partial charge in [0.25, 0.3) is 5.69 Å². The van der Waals surface area contributed by atoms with Crippen molar-refractivity contribution in [1.82, 2.24) is 4.72 Å². The number of nitrogens with zero attached hydrogens (tertiary/aromatic N) is 1. The fourth-order valence-electron chi connectivity index (χ4n) is 1.30. The third-order valence-corrected chi connectivity index (χ3v) is 4.09. The van der Waals surface area contributed by atoms with Crippen LogP contribution in [0.15, 0.2) is 23.1 Å². The van der Waals surface area contributed by atoms with E-state index in [2.05, 4.69) is 4.72 Å². The normalized spacial score (nSPS) is 13.2. The number of sulfonamides is 1. The van der Waals surface area contributed by atoms with Crippen LogP contribution in [0.3, 0.4) is 0 Å². The zero-order chi connectivity index (χ0) is 14.6. The molecule has 9 heteroatoms. The zero-order valence-corrected chi connectivity index (χ0v) is 11.7. The molecular formula is C10H14ClN3O4S. The van der Waals surface area contributed by atoms with Crippen molar-refractivity contribution in [2.75, 3.05) is 6.54 Å². The van der Waals surface area contributed by atoms with Gasteiger partial charge in [0.05, 0.1) is 9.82 Å². The molecule has 1 aromatic rings. The number of benzene rings is 1. The standard InChI is InChI=1S/C10H14ClN3O4S/c1-7(12)4-5-13-19(17,18)8-2-3-9(11)10(6-8)14(15)16/h2-3,6-7,13H,4-5,12H2,1H3. The number of nitro groups is 1. The summed E-state index contributed by atoms with van der Waals surface area (Å²) in [6.07, 6.45) is 0.467. The predicted octanol–water partition coefficient (Wildman–Crippen LogP) is 1.26. The largest absolute Gasteiger partial charge is 0.328 e. The van der Waals surface area contributed by atoms with Crippen LogP contribution in [0.4, 0.5) is 5.69 Å². The summed E-state index contributed by atoms with van der Waals surface area (Å²) in [4.78, 5) is 9.76. The minimum absolute atomic E-state index is 0.112. The Hall–Kier alpha value is -1.22. The quantitative estimate of drug-likeness (QED) is 0.606. The van der Waals surface area contributed by atoms with Gasteiger partial charge in [-0.25, -0.2) is 13.1 Å². The van der Waals surface area contributed by atoms with Crippen molar-refractivity contribution in [3.63, 3.8) is 0 Å². The van der Waals surface area contributed by atoms with Gasteiger partial charge in [0.1, 0.15) is 5.02 Å². The fraction of sp³-hybridized carbons (Fsp3) is 0.400. The van der Waals surface area contributed by atoms with Crippen molar-refractivity contribution in [2.45, 2.75) is 24.3 Å². The third-order valence-electron chi connectivity index (χ3n) is 2.32. The number of rotatable bonds is 6. The van der Waals surface area contributed by atoms with E-state index >= 15 is 0 Å². The molecule has 1 rings (SSSR count). The molecule has 19 heavy (non-hydrogen) atoms. The lowest BCUT2D eigenvalue weighted by molar-refractivity contribution is -0.384. The van der Waals surface area contributed by atoms with E-state index in [-0.39, 0.29) is 22.5 Å². The minimum atomic E-state index is -3.80. The van der Waals surface area contributed by atoms with Crippen LogP contribution in [0.25, 0.3) is 0 Å². The maximum atomic E-state index is 11.9. The third kappa shape index (κ3) is 4.43. The topological polar surface area (TPSA) is 115 Å². The van der Waals surface area contributed by atoms with Crippen LogP contribution >= 0.6 is 11.6 Å². The Morgan fingerprint density at radius 2 is 2.16 bits per heavy atom. The minimum Gasteiger partial charge on any atom is -0.328 e. The molecular weight excluding hydrogens is 294 g/mol. The lowest BCUT2D eigenvalue weighted by Crippen LogP contribution is -2.29. The van der Waals surface area contributed by atoms with Gasteiger partial charge in [-0.05, 0) is 25.5 Å². The number of hydrogen-bond acceptors (Lipinski definition) is 5. The molecule has 0 aromatic heterocycles. The van der Waals surface area contributed by atoms with E-state index in [1.165, 1.54) is 12.1 Å². The molecule has 0 heterocycles. The molecule has 7 nitrogen and oxygen atoms in total. The van der Waals surface area contributed by atoms with Gasteiger partial charge >= 0.3 is 0 Å². The molecule has 0 aliphatic carbocycles. The van der Waals surface area contributed by atoms with Crippen LogP contribution in [0.5, 0.6) is 0 Å². The van der Waals surface area contributed by atoms with Gasteiger partial charge in [0.15, 0.2) is 0 Å². The lowest BCUT2D eigenvalue weighted by atomic mass is 10.3. The first-order valence-corrected chi connectivity index (χ1v) is 7.29. The van der Waals surface area contributed by atoms with E-state index in [0.29, 0.717) is 6.42 Å². The highest BCUT2D eigenvalue weighted by molar-refractivity contribution is 7.89. The molecule has 106 valence electrons. The Morgan fingerprint density at radius 1 is 1.53 bits per heavy atom. The Balaban J connectivity index is 2.96. The van der Waals surface area contributed by atoms with E-state index in [1.807, 2.05) is 0 Å². The second-order valence-electron chi connectivity index (χ2n) is 4.03. The van der Waals surface area contributed by atoms with Crippen LogP contribution in [-0.4, -0.2) is 25.9 Å².